The summed E-state index contributed by atoms with van der Waals surface area (Å²) in [6.07, 6.45) is -0.771. The third-order valence-electron chi connectivity index (χ3n) is 11.6. The Labute approximate surface area is 297 Å². The Morgan fingerprint density at radius 1 is 1.08 bits per heavy atom. The van der Waals surface area contributed by atoms with Gasteiger partial charge in [-0.05, 0) is 42.7 Å². The molecule has 2 aliphatic heterocycles. The van der Waals surface area contributed by atoms with Gasteiger partial charge in [-0.15, -0.1) is 0 Å². The molecular formula is C41H44F3N2O5+. The van der Waals surface area contributed by atoms with Crippen LogP contribution in [0.3, 0.4) is 0 Å². The number of amides is 1. The molecule has 10 heteroatoms. The van der Waals surface area contributed by atoms with Crippen LogP contribution in [0.15, 0.2) is 60.7 Å². The standard InChI is InChI=1S/C41H43F3N2O5/c1-25(2)24-46(20-18-27-8-6-5-7-9-27)21-19-40-31-15-16-32(45-36(48)17-12-28-10-13-29(14-11-28)41(42,43)44)39(40)51-38-35(49-4)23-34(50-26(3)47)30(37(38)40)22-33(31)46/h5-11,13-14,23,25,31-33,39H,15-16,18-22,24H2,1-4H3/p+1/t31-,32+,33+,39-,40-,46?/m0/s1. The molecule has 6 atom stereocenters. The quantitative estimate of drug-likeness (QED) is 0.124. The van der Waals surface area contributed by atoms with Crippen LogP contribution in [0.1, 0.15) is 67.9 Å². The molecule has 1 spiro atoms. The third kappa shape index (κ3) is 6.24. The summed E-state index contributed by atoms with van der Waals surface area (Å²) in [6, 6.07) is 16.7. The summed E-state index contributed by atoms with van der Waals surface area (Å²) in [7, 11) is 1.58. The Kier molecular flexibility index (Phi) is 9.07. The van der Waals surface area contributed by atoms with E-state index in [2.05, 4.69) is 55.3 Å². The second-order valence-corrected chi connectivity index (χ2v) is 15.0. The number of carbonyl (C=O) groups excluding carboxylic acids is 2. The van der Waals surface area contributed by atoms with E-state index < -0.39 is 35.1 Å². The van der Waals surface area contributed by atoms with Gasteiger partial charge in [0.05, 0.1) is 49.8 Å². The van der Waals surface area contributed by atoms with E-state index in [0.717, 1.165) is 73.1 Å². The Balaban J connectivity index is 1.26. The molecule has 7 rings (SSSR count). The molecule has 1 saturated carbocycles. The molecule has 3 aromatic rings. The number of ether oxygens (including phenoxy) is 3. The van der Waals surface area contributed by atoms with Crippen LogP contribution in [0.25, 0.3) is 0 Å². The minimum Gasteiger partial charge on any atom is -0.493 e. The monoisotopic (exact) mass is 701 g/mol. The molecule has 0 radical (unpaired) electrons. The lowest BCUT2D eigenvalue weighted by atomic mass is 9.50. The van der Waals surface area contributed by atoms with Crippen molar-refractivity contribution < 1.29 is 41.5 Å². The van der Waals surface area contributed by atoms with Gasteiger partial charge in [-0.2, -0.15) is 13.2 Å². The summed E-state index contributed by atoms with van der Waals surface area (Å²) in [5.41, 5.74) is 2.45. The minimum atomic E-state index is -4.45. The minimum absolute atomic E-state index is 0.244. The van der Waals surface area contributed by atoms with E-state index in [9.17, 15) is 22.8 Å². The third-order valence-corrected chi connectivity index (χ3v) is 11.6. The normalized spacial score (nSPS) is 27.1. The fraction of sp³-hybridized carbons (Fsp3) is 0.463. The highest BCUT2D eigenvalue weighted by Crippen LogP contribution is 2.66. The molecule has 268 valence electrons. The molecule has 7 nitrogen and oxygen atoms in total. The van der Waals surface area contributed by atoms with Crippen molar-refractivity contribution in [1.82, 2.24) is 5.32 Å². The van der Waals surface area contributed by atoms with Crippen LogP contribution in [0, 0.1) is 23.7 Å². The van der Waals surface area contributed by atoms with Crippen molar-refractivity contribution >= 4 is 11.9 Å². The number of esters is 1. The maximum Gasteiger partial charge on any atom is 0.416 e. The highest BCUT2D eigenvalue weighted by atomic mass is 19.4. The molecule has 1 N–H and O–H groups in total. The Bertz CT molecular complexity index is 1880. The van der Waals surface area contributed by atoms with Crippen molar-refractivity contribution in [2.45, 2.75) is 82.7 Å². The number of benzene rings is 3. The summed E-state index contributed by atoms with van der Waals surface area (Å²) in [5.74, 6) is 6.77. The fourth-order valence-corrected chi connectivity index (χ4v) is 9.88. The first-order chi connectivity index (χ1) is 24.3. The summed E-state index contributed by atoms with van der Waals surface area (Å²) in [5, 5.41) is 3.13. The fourth-order valence-electron chi connectivity index (χ4n) is 9.88. The predicted octanol–water partition coefficient (Wildman–Crippen LogP) is 6.63. The first-order valence-corrected chi connectivity index (χ1v) is 17.8. The molecular weight excluding hydrogens is 657 g/mol. The van der Waals surface area contributed by atoms with Crippen LogP contribution in [-0.2, 0) is 34.0 Å². The first-order valence-electron chi connectivity index (χ1n) is 17.8. The van der Waals surface area contributed by atoms with E-state index in [1.807, 2.05) is 6.07 Å². The van der Waals surface area contributed by atoms with E-state index >= 15 is 0 Å². The zero-order valence-corrected chi connectivity index (χ0v) is 29.4. The molecule has 1 saturated heterocycles. The van der Waals surface area contributed by atoms with Gasteiger partial charge in [-0.1, -0.05) is 50.1 Å². The summed E-state index contributed by atoms with van der Waals surface area (Å²) >= 11 is 0. The van der Waals surface area contributed by atoms with Gasteiger partial charge in [0.1, 0.15) is 11.9 Å². The molecule has 3 aromatic carbocycles. The molecule has 2 aliphatic carbocycles. The van der Waals surface area contributed by atoms with Crippen LogP contribution < -0.4 is 19.5 Å². The van der Waals surface area contributed by atoms with E-state index in [4.69, 9.17) is 14.2 Å². The number of piperidine rings is 1. The molecule has 51 heavy (non-hydrogen) atoms. The van der Waals surface area contributed by atoms with Crippen LogP contribution in [0.5, 0.6) is 17.2 Å². The number of carbonyl (C=O) groups is 2. The van der Waals surface area contributed by atoms with Gasteiger partial charge in [-0.3, -0.25) is 9.59 Å². The van der Waals surface area contributed by atoms with Gasteiger partial charge in [0.25, 0.3) is 5.91 Å². The van der Waals surface area contributed by atoms with Gasteiger partial charge in [0, 0.05) is 66.7 Å². The number of halogens is 3. The van der Waals surface area contributed by atoms with Crippen molar-refractivity contribution in [2.75, 3.05) is 26.7 Å². The second-order valence-electron chi connectivity index (χ2n) is 15.0. The number of hydrogen-bond donors (Lipinski definition) is 1. The zero-order chi connectivity index (χ0) is 36.1. The van der Waals surface area contributed by atoms with Crippen molar-refractivity contribution in [3.8, 4) is 29.1 Å². The number of rotatable bonds is 8. The van der Waals surface area contributed by atoms with Gasteiger partial charge in [-0.25, -0.2) is 0 Å². The lowest BCUT2D eigenvalue weighted by Crippen LogP contribution is -2.75. The van der Waals surface area contributed by atoms with E-state index in [-0.39, 0.29) is 18.0 Å². The number of quaternary nitrogens is 1. The number of nitrogens with one attached hydrogen (secondary N) is 1. The summed E-state index contributed by atoms with van der Waals surface area (Å²) in [4.78, 5) is 25.8. The van der Waals surface area contributed by atoms with Crippen molar-refractivity contribution in [1.29, 1.82) is 0 Å². The topological polar surface area (TPSA) is 73.9 Å². The highest BCUT2D eigenvalue weighted by Gasteiger charge is 2.70. The maximum atomic E-state index is 13.3. The van der Waals surface area contributed by atoms with Gasteiger partial charge in [0.2, 0.25) is 0 Å². The van der Waals surface area contributed by atoms with Gasteiger partial charge in [0.15, 0.2) is 11.5 Å². The average molecular weight is 702 g/mol. The first kappa shape index (κ1) is 34.9. The lowest BCUT2D eigenvalue weighted by Gasteiger charge is -2.63. The van der Waals surface area contributed by atoms with Crippen LogP contribution >= 0.6 is 0 Å². The van der Waals surface area contributed by atoms with Crippen LogP contribution in [0.2, 0.25) is 0 Å². The van der Waals surface area contributed by atoms with E-state index in [1.54, 1.807) is 13.2 Å². The lowest BCUT2D eigenvalue weighted by molar-refractivity contribution is -0.964. The Morgan fingerprint density at radius 3 is 2.49 bits per heavy atom. The predicted molar refractivity (Wildman–Crippen MR) is 185 cm³/mol. The van der Waals surface area contributed by atoms with E-state index in [1.165, 1.54) is 24.6 Å². The highest BCUT2D eigenvalue weighted by molar-refractivity contribution is 5.94. The number of methoxy groups -OCH3 is 1. The number of hydrogen-bond acceptors (Lipinski definition) is 5. The summed E-state index contributed by atoms with van der Waals surface area (Å²) < 4.78 is 58.7. The van der Waals surface area contributed by atoms with Gasteiger partial charge < -0.3 is 24.0 Å². The number of likely N-dealkylation sites (tertiary alicyclic amines) is 1. The molecule has 2 fully saturated rings. The number of nitrogens with zero attached hydrogens (tertiary/aromatic N) is 1. The zero-order valence-electron chi connectivity index (χ0n) is 29.4. The average Bonchev–Trinajstić information content (AvgIpc) is 3.44. The van der Waals surface area contributed by atoms with E-state index in [0.29, 0.717) is 35.2 Å². The molecule has 2 bridgehead atoms. The van der Waals surface area contributed by atoms with Crippen LogP contribution in [-0.4, -0.2) is 61.3 Å². The Hall–Kier alpha value is -4.49. The van der Waals surface area contributed by atoms with Crippen molar-refractivity contribution in [3.63, 3.8) is 0 Å². The smallest absolute Gasteiger partial charge is 0.416 e. The largest absolute Gasteiger partial charge is 0.493 e. The molecule has 1 unspecified atom stereocenters. The summed E-state index contributed by atoms with van der Waals surface area (Å²) in [6.45, 7) is 8.95. The van der Waals surface area contributed by atoms with Crippen molar-refractivity contribution in [2.24, 2.45) is 11.8 Å². The maximum absolute atomic E-state index is 13.3. The van der Waals surface area contributed by atoms with Crippen LogP contribution in [0.4, 0.5) is 13.2 Å². The number of alkyl halides is 3. The van der Waals surface area contributed by atoms with Gasteiger partial charge >= 0.3 is 12.1 Å². The van der Waals surface area contributed by atoms with Crippen molar-refractivity contribution in [3.05, 3.63) is 88.5 Å². The molecule has 1 amide bonds. The molecule has 2 heterocycles. The second kappa shape index (κ2) is 13.2. The molecule has 0 aromatic heterocycles. The SMILES string of the molecule is COc1cc(OC(C)=O)c2c3c1O[C@H]1[C@H](NC(=O)C#Cc4ccc(C(F)(F)F)cc4)CC[C@H]4[C@@H](C2)[N+](CCc2ccccc2)(CC(C)C)CC[C@@]341. The Morgan fingerprint density at radius 2 is 1.82 bits per heavy atom. The molecule has 4 aliphatic rings.